The summed E-state index contributed by atoms with van der Waals surface area (Å²) in [4.78, 5) is 0. The normalized spacial score (nSPS) is 15.4. The second kappa shape index (κ2) is 5.73. The fraction of sp³-hybridized carbons (Fsp3) is 0.500. The van der Waals surface area contributed by atoms with Crippen LogP contribution in [0.4, 0.5) is 11.4 Å². The van der Waals surface area contributed by atoms with Gasteiger partial charge in [-0.05, 0) is 0 Å². The molecule has 0 saturated heterocycles. The van der Waals surface area contributed by atoms with E-state index in [4.69, 9.17) is 0 Å². The molecule has 2 aromatic rings. The van der Waals surface area contributed by atoms with Gasteiger partial charge in [0, 0.05) is 0 Å². The van der Waals surface area contributed by atoms with Crippen LogP contribution in [0.1, 0.15) is 41.5 Å². The third-order valence-corrected chi connectivity index (χ3v) is 6.62. The van der Waals surface area contributed by atoms with Crippen molar-refractivity contribution in [2.45, 2.75) is 41.5 Å². The second-order valence-corrected chi connectivity index (χ2v) is 11.8. The van der Waals surface area contributed by atoms with Crippen LogP contribution in [0, 0.1) is 10.8 Å². The average molecular weight is 369 g/mol. The molecular formula is C20H28GeN2. The Kier molecular flexibility index (Phi) is 4.16. The zero-order chi connectivity index (χ0) is 16.8. The average Bonchev–Trinajstić information content (AvgIpc) is 2.70. The number of hydrogen-bond acceptors (Lipinski definition) is 2. The van der Waals surface area contributed by atoms with Gasteiger partial charge < -0.3 is 0 Å². The number of anilines is 2. The van der Waals surface area contributed by atoms with Crippen LogP contribution >= 0.6 is 0 Å². The van der Waals surface area contributed by atoms with Crippen molar-refractivity contribution in [2.75, 3.05) is 20.8 Å². The van der Waals surface area contributed by atoms with Crippen LogP contribution < -0.4 is 7.71 Å². The molecule has 0 spiro atoms. The van der Waals surface area contributed by atoms with E-state index in [0.29, 0.717) is 10.8 Å². The molecule has 0 atom stereocenters. The van der Waals surface area contributed by atoms with Crippen molar-refractivity contribution in [3.05, 3.63) is 36.4 Å². The van der Waals surface area contributed by atoms with E-state index in [0.717, 1.165) is 13.1 Å². The molecule has 0 fully saturated rings. The summed E-state index contributed by atoms with van der Waals surface area (Å²) < 4.78 is 5.35. The van der Waals surface area contributed by atoms with Gasteiger partial charge in [-0.15, -0.1) is 0 Å². The van der Waals surface area contributed by atoms with Gasteiger partial charge >= 0.3 is 148 Å². The Morgan fingerprint density at radius 1 is 0.739 bits per heavy atom. The Morgan fingerprint density at radius 2 is 1.13 bits per heavy atom. The molecule has 2 radical (unpaired) electrons. The summed E-state index contributed by atoms with van der Waals surface area (Å²) >= 11 is -0.305. The summed E-state index contributed by atoms with van der Waals surface area (Å²) in [5, 5.41) is 2.71. The minimum absolute atomic E-state index is 0.305. The molecule has 1 aliphatic rings. The fourth-order valence-corrected chi connectivity index (χ4v) is 7.19. The van der Waals surface area contributed by atoms with Crippen molar-refractivity contribution in [1.29, 1.82) is 0 Å². The van der Waals surface area contributed by atoms with Gasteiger partial charge in [-0.1, -0.05) is 0 Å². The first-order chi connectivity index (χ1) is 10.6. The number of fused-ring (bicyclic) bond motifs is 2. The molecule has 0 aliphatic carbocycles. The molecule has 2 nitrogen and oxygen atoms in total. The van der Waals surface area contributed by atoms with Gasteiger partial charge in [-0.25, -0.2) is 0 Å². The maximum absolute atomic E-state index is 2.67. The molecule has 3 rings (SSSR count). The zero-order valence-electron chi connectivity index (χ0n) is 15.3. The molecule has 0 bridgehead atoms. The van der Waals surface area contributed by atoms with Crippen LogP contribution in [0.15, 0.2) is 36.4 Å². The summed E-state index contributed by atoms with van der Waals surface area (Å²) in [5.41, 5.74) is 3.54. The monoisotopic (exact) mass is 370 g/mol. The Bertz CT molecular complexity index is 649. The molecule has 0 amide bonds. The van der Waals surface area contributed by atoms with E-state index in [2.05, 4.69) is 85.7 Å². The summed E-state index contributed by atoms with van der Waals surface area (Å²) in [5.74, 6) is 0. The first kappa shape index (κ1) is 16.7. The Hall–Kier alpha value is -1.16. The molecule has 0 saturated carbocycles. The number of nitrogens with zero attached hydrogens (tertiary/aromatic N) is 2. The van der Waals surface area contributed by atoms with E-state index in [1.54, 1.807) is 0 Å². The van der Waals surface area contributed by atoms with Gasteiger partial charge in [0.2, 0.25) is 0 Å². The Labute approximate surface area is 147 Å². The van der Waals surface area contributed by atoms with E-state index in [1.807, 2.05) is 0 Å². The standard InChI is InChI=1S/C20H28GeN2/c1-19(2,3)13-22-17-11-15-9-7-8-10-16(15)12-18(17)23(21-22)14-20(4,5)6/h7-12H,13-14H2,1-6H3. The van der Waals surface area contributed by atoms with Crippen molar-refractivity contribution < 1.29 is 0 Å². The summed E-state index contributed by atoms with van der Waals surface area (Å²) in [6, 6.07) is 13.6. The van der Waals surface area contributed by atoms with Crippen LogP contribution in [-0.2, 0) is 0 Å². The van der Waals surface area contributed by atoms with Crippen LogP contribution in [-0.4, -0.2) is 29.0 Å². The van der Waals surface area contributed by atoms with E-state index >= 15 is 0 Å². The van der Waals surface area contributed by atoms with Crippen LogP contribution in [0.5, 0.6) is 0 Å². The first-order valence-corrected chi connectivity index (χ1v) is 10.3. The van der Waals surface area contributed by atoms with Gasteiger partial charge in [0.25, 0.3) is 0 Å². The Morgan fingerprint density at radius 3 is 1.48 bits per heavy atom. The van der Waals surface area contributed by atoms with Gasteiger partial charge in [0.1, 0.15) is 0 Å². The molecule has 1 aliphatic heterocycles. The predicted octanol–water partition coefficient (Wildman–Crippen LogP) is 5.09. The van der Waals surface area contributed by atoms with Crippen molar-refractivity contribution >= 4 is 38.0 Å². The molecule has 2 aromatic carbocycles. The SMILES string of the molecule is CC(C)(C)C[N]1[Ge][N](CC(C)(C)C)c2cc3ccccc3cc21. The summed E-state index contributed by atoms with van der Waals surface area (Å²) in [6.45, 7) is 16.3. The third kappa shape index (κ3) is 3.85. The van der Waals surface area contributed by atoms with Crippen LogP contribution in [0.25, 0.3) is 10.8 Å². The number of benzene rings is 2. The number of hydrogen-bond donors (Lipinski definition) is 0. The molecule has 0 N–H and O–H groups in total. The predicted molar refractivity (Wildman–Crippen MR) is 103 cm³/mol. The van der Waals surface area contributed by atoms with Gasteiger partial charge in [0.05, 0.1) is 0 Å². The third-order valence-electron chi connectivity index (χ3n) is 3.93. The van der Waals surface area contributed by atoms with E-state index in [1.165, 1.54) is 22.1 Å². The van der Waals surface area contributed by atoms with Crippen molar-refractivity contribution in [1.82, 2.24) is 0 Å². The van der Waals surface area contributed by atoms with E-state index in [-0.39, 0.29) is 15.9 Å². The quantitative estimate of drug-likeness (QED) is 0.681. The summed E-state index contributed by atoms with van der Waals surface area (Å²) in [6.07, 6.45) is 0. The Balaban J connectivity index is 2.05. The first-order valence-electron chi connectivity index (χ1n) is 8.47. The molecule has 1 heterocycles. The molecular weight excluding hydrogens is 341 g/mol. The van der Waals surface area contributed by atoms with Crippen molar-refractivity contribution in [3.8, 4) is 0 Å². The molecule has 3 heteroatoms. The molecule has 23 heavy (non-hydrogen) atoms. The zero-order valence-corrected chi connectivity index (χ0v) is 17.4. The topological polar surface area (TPSA) is 6.48 Å². The fourth-order valence-electron chi connectivity index (χ4n) is 3.09. The molecule has 0 aromatic heterocycles. The van der Waals surface area contributed by atoms with Gasteiger partial charge in [-0.3, -0.25) is 0 Å². The number of rotatable bonds is 2. The van der Waals surface area contributed by atoms with Crippen LogP contribution in [0.3, 0.4) is 0 Å². The van der Waals surface area contributed by atoms with Crippen molar-refractivity contribution in [3.63, 3.8) is 0 Å². The van der Waals surface area contributed by atoms with E-state index in [9.17, 15) is 0 Å². The van der Waals surface area contributed by atoms with Gasteiger partial charge in [0.15, 0.2) is 0 Å². The summed E-state index contributed by atoms with van der Waals surface area (Å²) in [7, 11) is 0. The molecule has 122 valence electrons. The molecule has 0 unspecified atom stereocenters. The minimum atomic E-state index is -0.305. The van der Waals surface area contributed by atoms with Crippen molar-refractivity contribution in [2.24, 2.45) is 10.8 Å². The van der Waals surface area contributed by atoms with Crippen LogP contribution in [0.2, 0.25) is 0 Å². The maximum atomic E-state index is 2.67. The second-order valence-electron chi connectivity index (χ2n) is 9.08. The van der Waals surface area contributed by atoms with Gasteiger partial charge in [-0.2, -0.15) is 0 Å². The van der Waals surface area contributed by atoms with E-state index < -0.39 is 0 Å².